The molecule has 0 unspecified atom stereocenters. The van der Waals surface area contributed by atoms with Crippen LogP contribution in [0.5, 0.6) is 0 Å². The summed E-state index contributed by atoms with van der Waals surface area (Å²) in [6, 6.07) is 7.53. The zero-order valence-electron chi connectivity index (χ0n) is 12.0. The number of nitrogens with one attached hydrogen (secondary N) is 1. The van der Waals surface area contributed by atoms with Gasteiger partial charge in [0.25, 0.3) is 0 Å². The molecule has 0 spiro atoms. The molecule has 0 radical (unpaired) electrons. The summed E-state index contributed by atoms with van der Waals surface area (Å²) >= 11 is 0. The highest BCUT2D eigenvalue weighted by molar-refractivity contribution is 7.89. The van der Waals surface area contributed by atoms with Crippen molar-refractivity contribution in [3.05, 3.63) is 40.8 Å². The van der Waals surface area contributed by atoms with Crippen LogP contribution < -0.4 is 10.9 Å². The second kappa shape index (κ2) is 6.37. The van der Waals surface area contributed by atoms with E-state index in [4.69, 9.17) is 4.42 Å². The molecule has 0 saturated carbocycles. The third-order valence-electron chi connectivity index (χ3n) is 3.56. The Morgan fingerprint density at radius 2 is 2.05 bits per heavy atom. The van der Waals surface area contributed by atoms with Crippen LogP contribution in [0.2, 0.25) is 0 Å². The Balaban J connectivity index is 0.00000176. The quantitative estimate of drug-likeness (QED) is 0.828. The Bertz CT molecular complexity index is 834. The third kappa shape index (κ3) is 3.17. The van der Waals surface area contributed by atoms with E-state index in [1.807, 2.05) is 6.92 Å². The number of fused-ring (bicyclic) bond motifs is 1. The van der Waals surface area contributed by atoms with Crippen molar-refractivity contribution >= 4 is 33.4 Å². The number of hydrogen-bond donors (Lipinski definition) is 1. The van der Waals surface area contributed by atoms with Crippen molar-refractivity contribution < 1.29 is 12.8 Å². The van der Waals surface area contributed by atoms with Crippen LogP contribution in [-0.4, -0.2) is 38.4 Å². The molecule has 22 heavy (non-hydrogen) atoms. The SMILES string of the molecule is C[C@@H]1CN(S(=O)(=O)c2ccc3oc(=O)ccc3c2)CCN1.Cl. The lowest BCUT2D eigenvalue weighted by Gasteiger charge is -2.31. The molecule has 2 aromatic rings. The van der Waals surface area contributed by atoms with Crippen LogP contribution >= 0.6 is 12.4 Å². The van der Waals surface area contributed by atoms with Gasteiger partial charge >= 0.3 is 5.63 Å². The minimum Gasteiger partial charge on any atom is -0.423 e. The van der Waals surface area contributed by atoms with Gasteiger partial charge in [0.1, 0.15) is 5.58 Å². The van der Waals surface area contributed by atoms with Gasteiger partial charge in [-0.25, -0.2) is 13.2 Å². The number of piperazine rings is 1. The molecule has 8 heteroatoms. The predicted octanol–water partition coefficient (Wildman–Crippen LogP) is 1.20. The fourth-order valence-corrected chi connectivity index (χ4v) is 4.04. The molecule has 1 aromatic carbocycles. The van der Waals surface area contributed by atoms with Gasteiger partial charge in [-0.15, -0.1) is 12.4 Å². The van der Waals surface area contributed by atoms with Gasteiger partial charge in [0.15, 0.2) is 0 Å². The molecule has 1 aromatic heterocycles. The van der Waals surface area contributed by atoms with E-state index in [0.717, 1.165) is 0 Å². The Hall–Kier alpha value is -1.41. The molecule has 3 rings (SSSR count). The molecule has 1 saturated heterocycles. The van der Waals surface area contributed by atoms with Gasteiger partial charge < -0.3 is 9.73 Å². The molecular weight excluding hydrogens is 328 g/mol. The molecule has 0 amide bonds. The molecule has 1 atom stereocenters. The molecule has 1 aliphatic heterocycles. The predicted molar refractivity (Wildman–Crippen MR) is 86.0 cm³/mol. The first-order valence-corrected chi connectivity index (χ1v) is 8.18. The van der Waals surface area contributed by atoms with Crippen molar-refractivity contribution in [2.45, 2.75) is 17.9 Å². The average molecular weight is 345 g/mol. The largest absolute Gasteiger partial charge is 0.423 e. The van der Waals surface area contributed by atoms with E-state index in [1.54, 1.807) is 12.1 Å². The second-order valence-electron chi connectivity index (χ2n) is 5.17. The van der Waals surface area contributed by atoms with Gasteiger partial charge in [0.05, 0.1) is 4.90 Å². The normalized spacial score (nSPS) is 19.8. The summed E-state index contributed by atoms with van der Waals surface area (Å²) in [6.07, 6.45) is 0. The number of rotatable bonds is 2. The minimum atomic E-state index is -3.52. The summed E-state index contributed by atoms with van der Waals surface area (Å²) in [5, 5.41) is 3.81. The van der Waals surface area contributed by atoms with Crippen LogP contribution in [0, 0.1) is 0 Å². The van der Waals surface area contributed by atoms with Crippen LogP contribution in [0.4, 0.5) is 0 Å². The first-order valence-electron chi connectivity index (χ1n) is 6.74. The first kappa shape index (κ1) is 17.0. The second-order valence-corrected chi connectivity index (χ2v) is 7.11. The molecule has 1 N–H and O–H groups in total. The van der Waals surface area contributed by atoms with E-state index < -0.39 is 15.6 Å². The average Bonchev–Trinajstić information content (AvgIpc) is 2.46. The van der Waals surface area contributed by atoms with E-state index in [1.165, 1.54) is 22.5 Å². The molecule has 6 nitrogen and oxygen atoms in total. The summed E-state index contributed by atoms with van der Waals surface area (Å²) in [5.74, 6) is 0. The third-order valence-corrected chi connectivity index (χ3v) is 5.42. The zero-order valence-corrected chi connectivity index (χ0v) is 13.6. The van der Waals surface area contributed by atoms with E-state index in [0.29, 0.717) is 30.6 Å². The maximum absolute atomic E-state index is 12.6. The lowest BCUT2D eigenvalue weighted by molar-refractivity contribution is 0.310. The monoisotopic (exact) mass is 344 g/mol. The highest BCUT2D eigenvalue weighted by atomic mass is 35.5. The molecule has 0 aliphatic carbocycles. The van der Waals surface area contributed by atoms with Crippen molar-refractivity contribution in [2.24, 2.45) is 0 Å². The van der Waals surface area contributed by atoms with Crippen molar-refractivity contribution in [3.63, 3.8) is 0 Å². The van der Waals surface area contributed by atoms with Crippen LogP contribution in [-0.2, 0) is 10.0 Å². The van der Waals surface area contributed by atoms with Gasteiger partial charge in [0, 0.05) is 37.1 Å². The highest BCUT2D eigenvalue weighted by Crippen LogP contribution is 2.21. The molecular formula is C14H17ClN2O4S. The van der Waals surface area contributed by atoms with Crippen molar-refractivity contribution in [1.29, 1.82) is 0 Å². The maximum Gasteiger partial charge on any atom is 0.336 e. The van der Waals surface area contributed by atoms with E-state index in [9.17, 15) is 13.2 Å². The van der Waals surface area contributed by atoms with Crippen molar-refractivity contribution in [3.8, 4) is 0 Å². The first-order chi connectivity index (χ1) is 9.96. The van der Waals surface area contributed by atoms with Crippen LogP contribution in [0.1, 0.15) is 6.92 Å². The zero-order chi connectivity index (χ0) is 15.0. The highest BCUT2D eigenvalue weighted by Gasteiger charge is 2.28. The van der Waals surface area contributed by atoms with E-state index in [2.05, 4.69) is 5.32 Å². The topological polar surface area (TPSA) is 79.6 Å². The Morgan fingerprint density at radius 1 is 1.27 bits per heavy atom. The standard InChI is InChI=1S/C14H16N2O4S.ClH/c1-10-9-16(7-6-15-10)21(18,19)12-3-4-13-11(8-12)2-5-14(17)20-13;/h2-5,8,10,15H,6-7,9H2,1H3;1H/t10-;/m1./s1. The fourth-order valence-electron chi connectivity index (χ4n) is 2.47. The molecule has 1 aliphatic rings. The maximum atomic E-state index is 12.6. The number of halogens is 1. The van der Waals surface area contributed by atoms with E-state index in [-0.39, 0.29) is 23.3 Å². The number of hydrogen-bond acceptors (Lipinski definition) is 5. The fraction of sp³-hybridized carbons (Fsp3) is 0.357. The van der Waals surface area contributed by atoms with Crippen molar-refractivity contribution in [1.82, 2.24) is 9.62 Å². The molecule has 0 bridgehead atoms. The Kier molecular flexibility index (Phi) is 4.91. The molecule has 120 valence electrons. The molecule has 2 heterocycles. The minimum absolute atomic E-state index is 0. The summed E-state index contributed by atoms with van der Waals surface area (Å²) in [6.45, 7) is 3.50. The smallest absolute Gasteiger partial charge is 0.336 e. The summed E-state index contributed by atoms with van der Waals surface area (Å²) in [5.41, 5.74) is -0.0656. The van der Waals surface area contributed by atoms with Gasteiger partial charge in [0.2, 0.25) is 10.0 Å². The van der Waals surface area contributed by atoms with Gasteiger partial charge in [-0.3, -0.25) is 0 Å². The summed E-state index contributed by atoms with van der Waals surface area (Å²) in [7, 11) is -3.52. The summed E-state index contributed by atoms with van der Waals surface area (Å²) < 4.78 is 31.8. The van der Waals surface area contributed by atoms with Crippen LogP contribution in [0.3, 0.4) is 0 Å². The van der Waals surface area contributed by atoms with Gasteiger partial charge in [-0.2, -0.15) is 4.31 Å². The van der Waals surface area contributed by atoms with Crippen LogP contribution in [0.25, 0.3) is 11.0 Å². The molecule has 1 fully saturated rings. The van der Waals surface area contributed by atoms with Gasteiger partial charge in [-0.1, -0.05) is 0 Å². The number of benzene rings is 1. The van der Waals surface area contributed by atoms with Crippen LogP contribution in [0.15, 0.2) is 44.4 Å². The lowest BCUT2D eigenvalue weighted by atomic mass is 10.2. The summed E-state index contributed by atoms with van der Waals surface area (Å²) in [4.78, 5) is 11.4. The number of sulfonamides is 1. The lowest BCUT2D eigenvalue weighted by Crippen LogP contribution is -2.51. The Morgan fingerprint density at radius 3 is 2.77 bits per heavy atom. The Labute approximate surface area is 134 Å². The van der Waals surface area contributed by atoms with E-state index >= 15 is 0 Å². The van der Waals surface area contributed by atoms with Crippen molar-refractivity contribution in [2.75, 3.05) is 19.6 Å². The number of nitrogens with zero attached hydrogens (tertiary/aromatic N) is 1. The van der Waals surface area contributed by atoms with Gasteiger partial charge in [-0.05, 0) is 31.2 Å².